The van der Waals surface area contributed by atoms with E-state index in [1.54, 1.807) is 24.3 Å². The second-order valence-corrected chi connectivity index (χ2v) is 4.78. The fraction of sp³-hybridized carbons (Fsp3) is 0.429. The summed E-state index contributed by atoms with van der Waals surface area (Å²) >= 11 is 0. The number of ketones is 1. The van der Waals surface area contributed by atoms with Crippen molar-refractivity contribution >= 4 is 24.1 Å². The molecule has 2 N–H and O–H groups in total. The number of carbonyl (C=O) groups is 2. The third kappa shape index (κ3) is 3.55. The molecule has 1 saturated heterocycles. The van der Waals surface area contributed by atoms with Crippen LogP contribution in [0.15, 0.2) is 24.3 Å². The lowest BCUT2D eigenvalue weighted by Crippen LogP contribution is -2.29. The van der Waals surface area contributed by atoms with Crippen LogP contribution in [-0.2, 0) is 0 Å². The van der Waals surface area contributed by atoms with Crippen LogP contribution < -0.4 is 5.73 Å². The second-order valence-electron chi connectivity index (χ2n) is 4.78. The number of likely N-dealkylation sites (tertiary alicyclic amines) is 1. The molecule has 0 bridgehead atoms. The predicted molar refractivity (Wildman–Crippen MR) is 76.8 cm³/mol. The lowest BCUT2D eigenvalue weighted by atomic mass is 10.1. The fourth-order valence-corrected chi connectivity index (χ4v) is 2.24. The van der Waals surface area contributed by atoms with Gasteiger partial charge in [0, 0.05) is 24.2 Å². The van der Waals surface area contributed by atoms with Gasteiger partial charge in [-0.25, -0.2) is 0 Å². The lowest BCUT2D eigenvalue weighted by Gasteiger charge is -2.16. The maximum Gasteiger partial charge on any atom is 0.253 e. The maximum absolute atomic E-state index is 12.2. The molecular formula is C14H19ClN2O2. The largest absolute Gasteiger partial charge is 0.338 e. The summed E-state index contributed by atoms with van der Waals surface area (Å²) in [5.74, 6) is 0.463. The molecule has 0 saturated carbocycles. The second kappa shape index (κ2) is 6.68. The van der Waals surface area contributed by atoms with Gasteiger partial charge in [-0.3, -0.25) is 9.59 Å². The van der Waals surface area contributed by atoms with E-state index in [1.165, 1.54) is 6.92 Å². The Bertz CT molecular complexity index is 459. The van der Waals surface area contributed by atoms with Crippen molar-refractivity contribution in [3.63, 3.8) is 0 Å². The average Bonchev–Trinajstić information content (AvgIpc) is 2.86. The monoisotopic (exact) mass is 282 g/mol. The molecule has 104 valence electrons. The average molecular weight is 283 g/mol. The van der Waals surface area contributed by atoms with Crippen molar-refractivity contribution in [1.82, 2.24) is 4.90 Å². The van der Waals surface area contributed by atoms with Gasteiger partial charge in [-0.05, 0) is 37.9 Å². The van der Waals surface area contributed by atoms with Gasteiger partial charge in [0.05, 0.1) is 0 Å². The Balaban J connectivity index is 0.00000180. The van der Waals surface area contributed by atoms with E-state index < -0.39 is 0 Å². The Hall–Kier alpha value is -1.39. The summed E-state index contributed by atoms with van der Waals surface area (Å²) in [6.07, 6.45) is 0.980. The normalized spacial score (nSPS) is 18.0. The van der Waals surface area contributed by atoms with E-state index in [2.05, 4.69) is 0 Å². The van der Waals surface area contributed by atoms with E-state index in [1.807, 2.05) is 4.90 Å². The van der Waals surface area contributed by atoms with Crippen LogP contribution in [0.4, 0.5) is 0 Å². The molecule has 1 unspecified atom stereocenters. The molecule has 1 atom stereocenters. The highest BCUT2D eigenvalue weighted by Crippen LogP contribution is 2.18. The molecule has 0 radical (unpaired) electrons. The zero-order chi connectivity index (χ0) is 13.1. The topological polar surface area (TPSA) is 63.4 Å². The summed E-state index contributed by atoms with van der Waals surface area (Å²) in [4.78, 5) is 25.2. The van der Waals surface area contributed by atoms with Crippen LogP contribution in [0, 0.1) is 5.92 Å². The molecule has 1 fully saturated rings. The Labute approximate surface area is 119 Å². The van der Waals surface area contributed by atoms with Gasteiger partial charge in [-0.2, -0.15) is 0 Å². The Morgan fingerprint density at radius 2 is 1.84 bits per heavy atom. The minimum atomic E-state index is 0. The van der Waals surface area contributed by atoms with Gasteiger partial charge in [-0.15, -0.1) is 12.4 Å². The number of carbonyl (C=O) groups excluding carboxylic acids is 2. The number of halogens is 1. The van der Waals surface area contributed by atoms with Gasteiger partial charge in [0.2, 0.25) is 0 Å². The first-order chi connectivity index (χ1) is 8.61. The number of benzene rings is 1. The van der Waals surface area contributed by atoms with Gasteiger partial charge >= 0.3 is 0 Å². The quantitative estimate of drug-likeness (QED) is 0.859. The van der Waals surface area contributed by atoms with Crippen LogP contribution in [0.1, 0.15) is 34.1 Å². The molecule has 2 rings (SSSR count). The molecule has 19 heavy (non-hydrogen) atoms. The van der Waals surface area contributed by atoms with E-state index in [-0.39, 0.29) is 24.1 Å². The zero-order valence-corrected chi connectivity index (χ0v) is 11.8. The molecule has 1 aliphatic rings. The number of amides is 1. The number of nitrogens with two attached hydrogens (primary N) is 1. The molecule has 1 aromatic carbocycles. The summed E-state index contributed by atoms with van der Waals surface area (Å²) in [6, 6.07) is 6.84. The van der Waals surface area contributed by atoms with Gasteiger partial charge in [0.1, 0.15) is 0 Å². The number of hydrogen-bond acceptors (Lipinski definition) is 3. The van der Waals surface area contributed by atoms with Gasteiger partial charge in [-0.1, -0.05) is 12.1 Å². The predicted octanol–water partition coefficient (Wildman–Crippen LogP) is 1.73. The molecule has 0 aromatic heterocycles. The van der Waals surface area contributed by atoms with Crippen LogP contribution in [0.5, 0.6) is 0 Å². The SMILES string of the molecule is CC(=O)c1ccc(C(=O)N2CCC(CN)C2)cc1.Cl. The van der Waals surface area contributed by atoms with Crippen molar-refractivity contribution in [2.24, 2.45) is 11.7 Å². The van der Waals surface area contributed by atoms with Crippen LogP contribution in [0.3, 0.4) is 0 Å². The number of nitrogens with zero attached hydrogens (tertiary/aromatic N) is 1. The van der Waals surface area contributed by atoms with E-state index in [0.717, 1.165) is 19.5 Å². The molecule has 0 spiro atoms. The molecule has 1 heterocycles. The summed E-state index contributed by atoms with van der Waals surface area (Å²) in [5, 5.41) is 0. The molecule has 5 heteroatoms. The van der Waals surface area contributed by atoms with Crippen molar-refractivity contribution < 1.29 is 9.59 Å². The highest BCUT2D eigenvalue weighted by atomic mass is 35.5. The van der Waals surface area contributed by atoms with Crippen LogP contribution in [-0.4, -0.2) is 36.2 Å². The van der Waals surface area contributed by atoms with Crippen molar-refractivity contribution in [2.75, 3.05) is 19.6 Å². The Morgan fingerprint density at radius 1 is 1.26 bits per heavy atom. The Kier molecular flexibility index (Phi) is 5.51. The molecule has 4 nitrogen and oxygen atoms in total. The minimum absolute atomic E-state index is 0. The summed E-state index contributed by atoms with van der Waals surface area (Å²) in [7, 11) is 0. The van der Waals surface area contributed by atoms with Crippen LogP contribution in [0.25, 0.3) is 0 Å². The van der Waals surface area contributed by atoms with Crippen molar-refractivity contribution in [3.05, 3.63) is 35.4 Å². The number of rotatable bonds is 3. The molecule has 1 aromatic rings. The van der Waals surface area contributed by atoms with Crippen molar-refractivity contribution in [2.45, 2.75) is 13.3 Å². The third-order valence-corrected chi connectivity index (χ3v) is 3.44. The van der Waals surface area contributed by atoms with Crippen LogP contribution in [0.2, 0.25) is 0 Å². The highest BCUT2D eigenvalue weighted by Gasteiger charge is 2.25. The first-order valence-corrected chi connectivity index (χ1v) is 6.22. The summed E-state index contributed by atoms with van der Waals surface area (Å²) < 4.78 is 0. The van der Waals surface area contributed by atoms with Gasteiger partial charge in [0.25, 0.3) is 5.91 Å². The lowest BCUT2D eigenvalue weighted by molar-refractivity contribution is 0.0787. The first-order valence-electron chi connectivity index (χ1n) is 6.22. The number of Topliss-reactive ketones (excluding diaryl/α,β-unsaturated/α-hetero) is 1. The Morgan fingerprint density at radius 3 is 2.32 bits per heavy atom. The van der Waals surface area contributed by atoms with Crippen LogP contribution >= 0.6 is 12.4 Å². The van der Waals surface area contributed by atoms with Gasteiger partial charge in [0.15, 0.2) is 5.78 Å². The first kappa shape index (κ1) is 15.7. The summed E-state index contributed by atoms with van der Waals surface area (Å²) in [6.45, 7) is 3.66. The summed E-state index contributed by atoms with van der Waals surface area (Å²) in [5.41, 5.74) is 6.88. The molecule has 0 aliphatic carbocycles. The molecule has 1 amide bonds. The highest BCUT2D eigenvalue weighted by molar-refractivity contribution is 5.97. The third-order valence-electron chi connectivity index (χ3n) is 3.44. The number of hydrogen-bond donors (Lipinski definition) is 1. The fourth-order valence-electron chi connectivity index (χ4n) is 2.24. The standard InChI is InChI=1S/C14H18N2O2.ClH/c1-10(17)12-2-4-13(5-3-12)14(18)16-7-6-11(8-15)9-16;/h2-5,11H,6-9,15H2,1H3;1H. The molecule has 1 aliphatic heterocycles. The smallest absolute Gasteiger partial charge is 0.253 e. The van der Waals surface area contributed by atoms with E-state index >= 15 is 0 Å². The van der Waals surface area contributed by atoms with E-state index in [9.17, 15) is 9.59 Å². The van der Waals surface area contributed by atoms with Crippen molar-refractivity contribution in [3.8, 4) is 0 Å². The minimum Gasteiger partial charge on any atom is -0.338 e. The molecular weight excluding hydrogens is 264 g/mol. The zero-order valence-electron chi connectivity index (χ0n) is 11.0. The van der Waals surface area contributed by atoms with Gasteiger partial charge < -0.3 is 10.6 Å². The van der Waals surface area contributed by atoms with E-state index in [0.29, 0.717) is 23.6 Å². The van der Waals surface area contributed by atoms with E-state index in [4.69, 9.17) is 5.73 Å². The van der Waals surface area contributed by atoms with Crippen molar-refractivity contribution in [1.29, 1.82) is 0 Å². The maximum atomic E-state index is 12.2.